The lowest BCUT2D eigenvalue weighted by atomic mass is 10.1. The van der Waals surface area contributed by atoms with Gasteiger partial charge in [-0.1, -0.05) is 42.0 Å². The molecule has 2 N–H and O–H groups in total. The van der Waals surface area contributed by atoms with Gasteiger partial charge in [0.05, 0.1) is 11.4 Å². The maximum Gasteiger partial charge on any atom is 0.236 e. The summed E-state index contributed by atoms with van der Waals surface area (Å²) in [4.78, 5) is 4.19. The molecule has 28 heavy (non-hydrogen) atoms. The van der Waals surface area contributed by atoms with Crippen molar-refractivity contribution in [1.82, 2.24) is 10.6 Å². The monoisotopic (exact) mass is 400 g/mol. The van der Waals surface area contributed by atoms with Gasteiger partial charge in [0.25, 0.3) is 0 Å². The second-order valence-corrected chi connectivity index (χ2v) is 9.06. The minimum absolute atomic E-state index is 0.0194. The molecule has 0 atom stereocenters. The van der Waals surface area contributed by atoms with E-state index in [1.165, 1.54) is 21.0 Å². The summed E-state index contributed by atoms with van der Waals surface area (Å²) in [6, 6.07) is 14.0. The molecule has 1 aliphatic rings. The number of fused-ring (bicyclic) bond motifs is 1. The largest absolute Gasteiger partial charge is 0.355 e. The van der Waals surface area contributed by atoms with Crippen LogP contribution in [0, 0.1) is 13.8 Å². The van der Waals surface area contributed by atoms with Crippen LogP contribution < -0.4 is 14.9 Å². The van der Waals surface area contributed by atoms with Gasteiger partial charge in [-0.25, -0.2) is 8.42 Å². The van der Waals surface area contributed by atoms with E-state index in [0.29, 0.717) is 25.6 Å². The van der Waals surface area contributed by atoms with Crippen molar-refractivity contribution in [2.75, 3.05) is 30.2 Å². The average molecular weight is 401 g/mol. The van der Waals surface area contributed by atoms with Crippen molar-refractivity contribution in [1.29, 1.82) is 0 Å². The molecule has 0 saturated carbocycles. The molecule has 0 saturated heterocycles. The molecule has 0 unspecified atom stereocenters. The summed E-state index contributed by atoms with van der Waals surface area (Å²) >= 11 is 0. The van der Waals surface area contributed by atoms with E-state index < -0.39 is 10.0 Å². The van der Waals surface area contributed by atoms with E-state index in [1.807, 2.05) is 24.3 Å². The maximum atomic E-state index is 12.7. The number of aliphatic imine (C=N–C) groups is 1. The molecule has 2 aromatic rings. The van der Waals surface area contributed by atoms with Gasteiger partial charge in [-0.3, -0.25) is 9.30 Å². The highest BCUT2D eigenvalue weighted by atomic mass is 32.2. The zero-order valence-electron chi connectivity index (χ0n) is 16.7. The topological polar surface area (TPSA) is 73.8 Å². The molecule has 7 heteroatoms. The van der Waals surface area contributed by atoms with Crippen molar-refractivity contribution < 1.29 is 8.42 Å². The lowest BCUT2D eigenvalue weighted by molar-refractivity contribution is 0.591. The van der Waals surface area contributed by atoms with Gasteiger partial charge in [0, 0.05) is 26.7 Å². The first-order valence-electron chi connectivity index (χ1n) is 9.49. The van der Waals surface area contributed by atoms with Crippen molar-refractivity contribution in [2.24, 2.45) is 4.99 Å². The molecule has 3 rings (SSSR count). The first-order chi connectivity index (χ1) is 13.4. The summed E-state index contributed by atoms with van der Waals surface area (Å²) in [6.07, 6.45) is 0.766. The van der Waals surface area contributed by atoms with E-state index in [9.17, 15) is 8.42 Å². The number of sulfonamides is 1. The van der Waals surface area contributed by atoms with E-state index >= 15 is 0 Å². The molecule has 150 valence electrons. The number of nitrogens with zero attached hydrogens (tertiary/aromatic N) is 2. The summed E-state index contributed by atoms with van der Waals surface area (Å²) < 4.78 is 27.0. The fraction of sp³-hybridized carbons (Fsp3) is 0.381. The second-order valence-electron chi connectivity index (χ2n) is 7.05. The summed E-state index contributed by atoms with van der Waals surface area (Å²) in [6.45, 7) is 5.61. The molecular formula is C21H28N4O2S. The first kappa shape index (κ1) is 20.2. The zero-order chi connectivity index (χ0) is 20.1. The molecule has 0 aliphatic carbocycles. The Hall–Kier alpha value is -2.54. The third-order valence-corrected chi connectivity index (χ3v) is 6.77. The Morgan fingerprint density at radius 2 is 1.93 bits per heavy atom. The summed E-state index contributed by atoms with van der Waals surface area (Å²) in [7, 11) is -1.68. The van der Waals surface area contributed by atoms with E-state index in [2.05, 4.69) is 47.7 Å². The number of hydrogen-bond donors (Lipinski definition) is 2. The minimum atomic E-state index is -3.37. The quantitative estimate of drug-likeness (QED) is 0.577. The average Bonchev–Trinajstić information content (AvgIpc) is 3.10. The Morgan fingerprint density at radius 1 is 1.14 bits per heavy atom. The van der Waals surface area contributed by atoms with Crippen LogP contribution >= 0.6 is 0 Å². The highest BCUT2D eigenvalue weighted by Crippen LogP contribution is 2.29. The van der Waals surface area contributed by atoms with Crippen LogP contribution in [0.3, 0.4) is 0 Å². The highest BCUT2D eigenvalue weighted by Gasteiger charge is 2.28. The van der Waals surface area contributed by atoms with Crippen LogP contribution in [-0.2, 0) is 23.0 Å². The van der Waals surface area contributed by atoms with Crippen LogP contribution in [0.15, 0.2) is 47.5 Å². The minimum Gasteiger partial charge on any atom is -0.355 e. The first-order valence-corrected chi connectivity index (χ1v) is 11.1. The lowest BCUT2D eigenvalue weighted by Gasteiger charge is -2.20. The molecule has 0 spiro atoms. The molecule has 0 aromatic heterocycles. The summed E-state index contributed by atoms with van der Waals surface area (Å²) in [5, 5.41) is 6.36. The van der Waals surface area contributed by atoms with Crippen molar-refractivity contribution in [3.05, 3.63) is 64.7 Å². The number of anilines is 1. The van der Waals surface area contributed by atoms with Gasteiger partial charge in [0.15, 0.2) is 5.96 Å². The maximum absolute atomic E-state index is 12.7. The molecule has 1 aliphatic heterocycles. The SMILES string of the molecule is CN=C(NCCS(=O)(=O)N1CCc2ccccc21)NCc1ccc(C)cc1C. The Balaban J connectivity index is 1.53. The third-order valence-electron chi connectivity index (χ3n) is 5.00. The smallest absolute Gasteiger partial charge is 0.236 e. The van der Waals surface area contributed by atoms with Gasteiger partial charge < -0.3 is 10.6 Å². The molecule has 1 heterocycles. The van der Waals surface area contributed by atoms with Gasteiger partial charge in [0.2, 0.25) is 10.0 Å². The molecular weight excluding hydrogens is 372 g/mol. The van der Waals surface area contributed by atoms with Gasteiger partial charge in [-0.15, -0.1) is 0 Å². The normalized spacial score (nSPS) is 14.1. The third kappa shape index (κ3) is 4.65. The Labute approximate surface area is 167 Å². The van der Waals surface area contributed by atoms with Crippen LogP contribution in [-0.4, -0.2) is 40.3 Å². The van der Waals surface area contributed by atoms with Crippen LogP contribution in [0.1, 0.15) is 22.3 Å². The number of benzene rings is 2. The predicted molar refractivity (Wildman–Crippen MR) is 115 cm³/mol. The Bertz CT molecular complexity index is 970. The second kappa shape index (κ2) is 8.65. The number of nitrogens with one attached hydrogen (secondary N) is 2. The van der Waals surface area contributed by atoms with Gasteiger partial charge >= 0.3 is 0 Å². The molecule has 2 aromatic carbocycles. The van der Waals surface area contributed by atoms with Gasteiger partial charge in [-0.05, 0) is 43.0 Å². The van der Waals surface area contributed by atoms with Crippen molar-refractivity contribution >= 4 is 21.7 Å². The fourth-order valence-corrected chi connectivity index (χ4v) is 4.88. The molecule has 6 nitrogen and oxygen atoms in total. The van der Waals surface area contributed by atoms with Crippen LogP contribution in [0.5, 0.6) is 0 Å². The standard InChI is InChI=1S/C21H28N4O2S/c1-16-8-9-19(17(2)14-16)15-24-21(22-3)23-11-13-28(26,27)25-12-10-18-6-4-5-7-20(18)25/h4-9,14H,10-13,15H2,1-3H3,(H2,22,23,24). The molecule has 0 fully saturated rings. The van der Waals surface area contributed by atoms with Crippen LogP contribution in [0.4, 0.5) is 5.69 Å². The van der Waals surface area contributed by atoms with Crippen molar-refractivity contribution in [3.63, 3.8) is 0 Å². The lowest BCUT2D eigenvalue weighted by Crippen LogP contribution is -2.41. The number of hydrogen-bond acceptors (Lipinski definition) is 3. The molecule has 0 amide bonds. The van der Waals surface area contributed by atoms with Gasteiger partial charge in [-0.2, -0.15) is 0 Å². The number of para-hydroxylation sites is 1. The van der Waals surface area contributed by atoms with E-state index in [4.69, 9.17) is 0 Å². The molecule has 0 radical (unpaired) electrons. The van der Waals surface area contributed by atoms with Gasteiger partial charge in [0.1, 0.15) is 0 Å². The van der Waals surface area contributed by atoms with Crippen molar-refractivity contribution in [3.8, 4) is 0 Å². The number of guanidine groups is 1. The Kier molecular flexibility index (Phi) is 6.24. The highest BCUT2D eigenvalue weighted by molar-refractivity contribution is 7.92. The van der Waals surface area contributed by atoms with E-state index in [1.54, 1.807) is 7.05 Å². The predicted octanol–water partition coefficient (Wildman–Crippen LogP) is 2.36. The van der Waals surface area contributed by atoms with E-state index in [-0.39, 0.29) is 5.75 Å². The zero-order valence-corrected chi connectivity index (χ0v) is 17.5. The Morgan fingerprint density at radius 3 is 2.68 bits per heavy atom. The van der Waals surface area contributed by atoms with Crippen LogP contribution in [0.2, 0.25) is 0 Å². The number of aryl methyl sites for hydroxylation is 2. The fourth-order valence-electron chi connectivity index (χ4n) is 3.45. The summed E-state index contributed by atoms with van der Waals surface area (Å²) in [5.74, 6) is 0.614. The number of rotatable bonds is 6. The van der Waals surface area contributed by atoms with Crippen LogP contribution in [0.25, 0.3) is 0 Å². The summed E-state index contributed by atoms with van der Waals surface area (Å²) in [5.41, 5.74) is 5.54. The molecule has 0 bridgehead atoms. The van der Waals surface area contributed by atoms with E-state index in [0.717, 1.165) is 17.7 Å². The van der Waals surface area contributed by atoms with Crippen molar-refractivity contribution in [2.45, 2.75) is 26.8 Å².